The van der Waals surface area contributed by atoms with Gasteiger partial charge in [-0.05, 0) is 51.1 Å². The zero-order chi connectivity index (χ0) is 23.3. The lowest BCUT2D eigenvalue weighted by Gasteiger charge is -2.34. The van der Waals surface area contributed by atoms with Gasteiger partial charge in [-0.2, -0.15) is 0 Å². The zero-order valence-electron chi connectivity index (χ0n) is 21.9. The average molecular weight is 523 g/mol. The molecule has 34 heavy (non-hydrogen) atoms. The molecule has 0 unspecified atom stereocenters. The van der Waals surface area contributed by atoms with Gasteiger partial charge in [0.05, 0.1) is 0 Å². The fraction of sp³-hybridized carbons (Fsp3) is 1.00. The first kappa shape index (κ1) is 41.4. The highest BCUT2D eigenvalue weighted by atomic mass is 28.4. The molecule has 0 radical (unpaired) electrons. The third kappa shape index (κ3) is 30.3. The van der Waals surface area contributed by atoms with E-state index in [4.69, 9.17) is 14.3 Å². The molecule has 0 spiro atoms. The second-order valence-electron chi connectivity index (χ2n) is 10.9. The maximum absolute atomic E-state index is 8.80. The summed E-state index contributed by atoms with van der Waals surface area (Å²) >= 11 is 0. The van der Waals surface area contributed by atoms with E-state index in [2.05, 4.69) is 26.2 Å². The molecule has 0 rings (SSSR count). The molecule has 0 aromatic heterocycles. The van der Waals surface area contributed by atoms with Gasteiger partial charge in [0.25, 0.3) is 0 Å². The van der Waals surface area contributed by atoms with Crippen LogP contribution in [-0.2, 0) is 4.12 Å². The zero-order valence-corrected chi connectivity index (χ0v) is 23.9. The summed E-state index contributed by atoms with van der Waals surface area (Å²) in [7, 11) is -3.01. The van der Waals surface area contributed by atoms with Gasteiger partial charge in [-0.15, -0.1) is 0 Å². The molecule has 212 valence electrons. The molecule has 3 nitrogen and oxygen atoms in total. The molecule has 0 saturated heterocycles. The molecule has 0 saturated carbocycles. The maximum atomic E-state index is 8.80. The van der Waals surface area contributed by atoms with E-state index < -0.39 is 16.6 Å². The number of hydrogen-bond acceptors (Lipinski definition) is 3. The summed E-state index contributed by atoms with van der Waals surface area (Å²) < 4.78 is 6.83. The van der Waals surface area contributed by atoms with Crippen LogP contribution < -0.4 is 0 Å². The van der Waals surface area contributed by atoms with Crippen LogP contribution in [0.4, 0.5) is 0 Å². The normalized spacial score (nSPS) is 11.5. The van der Waals surface area contributed by atoms with Crippen molar-refractivity contribution in [3.05, 3.63) is 0 Å². The summed E-state index contributed by atoms with van der Waals surface area (Å²) in [5, 5.41) is 17.6. The molecule has 0 amide bonds. The van der Waals surface area contributed by atoms with Crippen LogP contribution in [0, 0.1) is 0 Å². The summed E-state index contributed by atoms with van der Waals surface area (Å²) in [5.41, 5.74) is 0. The lowest BCUT2D eigenvalue weighted by molar-refractivity contribution is 0.282. The standard InChI is InChI=1S/C26H58O3Si2.3CH4/c1-30(2,25-21-17-13-9-5-7-11-15-19-23-27)29-31(3,4)26-22-18-14-10-6-8-12-16-20-24-28;;;/h27-28H,5-26H2,1-4H3;3*1H4. The third-order valence-corrected chi connectivity index (χ3v) is 14.0. The molecule has 0 aliphatic rings. The van der Waals surface area contributed by atoms with Crippen LogP contribution in [0.25, 0.3) is 0 Å². The van der Waals surface area contributed by atoms with E-state index in [0.717, 1.165) is 12.8 Å². The number of aliphatic hydroxyl groups excluding tert-OH is 2. The van der Waals surface area contributed by atoms with Crippen LogP contribution in [0.15, 0.2) is 0 Å². The van der Waals surface area contributed by atoms with Crippen molar-refractivity contribution in [2.24, 2.45) is 0 Å². The summed E-state index contributed by atoms with van der Waals surface area (Å²) in [5.74, 6) is 0. The van der Waals surface area contributed by atoms with E-state index in [0.29, 0.717) is 13.2 Å². The fourth-order valence-electron chi connectivity index (χ4n) is 4.65. The molecular weight excluding hydrogens is 452 g/mol. The summed E-state index contributed by atoms with van der Waals surface area (Å²) in [6.45, 7) is 10.5. The smallest absolute Gasteiger partial charge is 0.173 e. The van der Waals surface area contributed by atoms with Gasteiger partial charge in [0, 0.05) is 13.2 Å². The number of rotatable bonds is 24. The molecule has 0 aromatic rings. The van der Waals surface area contributed by atoms with Crippen LogP contribution in [-0.4, -0.2) is 40.1 Å². The highest BCUT2D eigenvalue weighted by Crippen LogP contribution is 2.26. The maximum Gasteiger partial charge on any atom is 0.173 e. The van der Waals surface area contributed by atoms with Crippen molar-refractivity contribution in [3.63, 3.8) is 0 Å². The molecule has 0 heterocycles. The van der Waals surface area contributed by atoms with Crippen LogP contribution in [0.3, 0.4) is 0 Å². The van der Waals surface area contributed by atoms with E-state index in [9.17, 15) is 0 Å². The van der Waals surface area contributed by atoms with Gasteiger partial charge < -0.3 is 14.3 Å². The summed E-state index contributed by atoms with van der Waals surface area (Å²) in [6, 6.07) is 2.66. The minimum absolute atomic E-state index is 0. The number of unbranched alkanes of at least 4 members (excludes halogenated alkanes) is 16. The van der Waals surface area contributed by atoms with Gasteiger partial charge in [0.15, 0.2) is 16.6 Å². The third-order valence-electron chi connectivity index (χ3n) is 6.43. The van der Waals surface area contributed by atoms with E-state index in [-0.39, 0.29) is 22.3 Å². The molecule has 0 bridgehead atoms. The second-order valence-corrected chi connectivity index (χ2v) is 19.8. The van der Waals surface area contributed by atoms with Crippen LogP contribution in [0.2, 0.25) is 38.3 Å². The Labute approximate surface area is 220 Å². The fourth-order valence-corrected chi connectivity index (χ4v) is 13.7. The van der Waals surface area contributed by atoms with Crippen LogP contribution >= 0.6 is 0 Å². The molecule has 0 atom stereocenters. The Kier molecular flexibility index (Phi) is 34.0. The Morgan fingerprint density at radius 1 is 0.382 bits per heavy atom. The van der Waals surface area contributed by atoms with Crippen molar-refractivity contribution in [2.45, 2.75) is 176 Å². The quantitative estimate of drug-likeness (QED) is 0.0978. The first-order valence-electron chi connectivity index (χ1n) is 13.7. The highest BCUT2D eigenvalue weighted by molar-refractivity contribution is 6.84. The van der Waals surface area contributed by atoms with Gasteiger partial charge in [-0.3, -0.25) is 0 Å². The first-order valence-corrected chi connectivity index (χ1v) is 20.0. The largest absolute Gasteiger partial charge is 0.455 e. The Hall–Kier alpha value is 0.314. The minimum Gasteiger partial charge on any atom is -0.455 e. The molecule has 0 aliphatic carbocycles. The summed E-state index contributed by atoms with van der Waals surface area (Å²) in [6.07, 6.45) is 23.3. The molecule has 5 heteroatoms. The van der Waals surface area contributed by atoms with Gasteiger partial charge in [-0.1, -0.05) is 125 Å². The molecule has 0 fully saturated rings. The summed E-state index contributed by atoms with van der Waals surface area (Å²) in [4.78, 5) is 0. The second kappa shape index (κ2) is 27.9. The van der Waals surface area contributed by atoms with Crippen molar-refractivity contribution in [1.29, 1.82) is 0 Å². The van der Waals surface area contributed by atoms with E-state index in [1.807, 2.05) is 0 Å². The van der Waals surface area contributed by atoms with Crippen LogP contribution in [0.5, 0.6) is 0 Å². The van der Waals surface area contributed by atoms with Gasteiger partial charge in [0.2, 0.25) is 0 Å². The molecular formula is C29H70O3Si2. The van der Waals surface area contributed by atoms with Crippen molar-refractivity contribution in [1.82, 2.24) is 0 Å². The Morgan fingerprint density at radius 3 is 0.824 bits per heavy atom. The first-order chi connectivity index (χ1) is 14.8. The topological polar surface area (TPSA) is 49.7 Å². The lowest BCUT2D eigenvalue weighted by atomic mass is 10.1. The minimum atomic E-state index is -1.51. The molecule has 2 N–H and O–H groups in total. The predicted molar refractivity (Wildman–Crippen MR) is 163 cm³/mol. The van der Waals surface area contributed by atoms with Crippen LogP contribution in [0.1, 0.15) is 138 Å². The van der Waals surface area contributed by atoms with Gasteiger partial charge in [0.1, 0.15) is 0 Å². The van der Waals surface area contributed by atoms with E-state index in [1.54, 1.807) is 0 Å². The number of hydrogen-bond donors (Lipinski definition) is 2. The van der Waals surface area contributed by atoms with Crippen molar-refractivity contribution in [3.8, 4) is 0 Å². The Morgan fingerprint density at radius 2 is 0.588 bits per heavy atom. The monoisotopic (exact) mass is 522 g/mol. The van der Waals surface area contributed by atoms with E-state index in [1.165, 1.54) is 115 Å². The predicted octanol–water partition coefficient (Wildman–Crippen LogP) is 10.3. The van der Waals surface area contributed by atoms with Gasteiger partial charge in [-0.25, -0.2) is 0 Å². The number of aliphatic hydroxyl groups is 2. The highest BCUT2D eigenvalue weighted by Gasteiger charge is 2.32. The lowest BCUT2D eigenvalue weighted by Crippen LogP contribution is -2.44. The van der Waals surface area contributed by atoms with Crippen molar-refractivity contribution in [2.75, 3.05) is 13.2 Å². The van der Waals surface area contributed by atoms with Crippen molar-refractivity contribution >= 4 is 16.6 Å². The van der Waals surface area contributed by atoms with Gasteiger partial charge >= 0.3 is 0 Å². The SMILES string of the molecule is C.C.C.C[Si](C)(CCCCCCCCCCCO)O[Si](C)(C)CCCCCCCCCCCO. The van der Waals surface area contributed by atoms with Crippen molar-refractivity contribution < 1.29 is 14.3 Å². The average Bonchev–Trinajstić information content (AvgIpc) is 2.70. The molecule has 0 aliphatic heterocycles. The van der Waals surface area contributed by atoms with E-state index >= 15 is 0 Å². The Bertz CT molecular complexity index is 342. The Balaban J connectivity index is -0.00000150. The molecule has 0 aromatic carbocycles.